The number of allylic oxidation sites excluding steroid dienone is 2. The molecular formula is C8H11BrClNO. The maximum Gasteiger partial charge on any atom is 0.164 e. The molecule has 0 aromatic heterocycles. The lowest BCUT2D eigenvalue weighted by Crippen LogP contribution is -2.30. The number of nitrogens with one attached hydrogen (secondary N) is 1. The van der Waals surface area contributed by atoms with Crippen LogP contribution in [0, 0.1) is 0 Å². The fraction of sp³-hybridized carbons (Fsp3) is 0.500. The molecule has 0 saturated carbocycles. The van der Waals surface area contributed by atoms with E-state index >= 15 is 0 Å². The van der Waals surface area contributed by atoms with Gasteiger partial charge in [0.2, 0.25) is 0 Å². The number of ether oxygens (including phenoxy) is 1. The summed E-state index contributed by atoms with van der Waals surface area (Å²) in [5.74, 6) is 0. The summed E-state index contributed by atoms with van der Waals surface area (Å²) in [7, 11) is 0. The quantitative estimate of drug-likeness (QED) is 0.834. The van der Waals surface area contributed by atoms with Crippen molar-refractivity contribution in [3.63, 3.8) is 0 Å². The first kappa shape index (κ1) is 10.1. The van der Waals surface area contributed by atoms with E-state index in [2.05, 4.69) is 28.2 Å². The van der Waals surface area contributed by atoms with E-state index < -0.39 is 0 Å². The second-order valence-corrected chi connectivity index (χ2v) is 3.83. The highest BCUT2D eigenvalue weighted by Crippen LogP contribution is 2.20. The van der Waals surface area contributed by atoms with Gasteiger partial charge in [0.1, 0.15) is 0 Å². The maximum atomic E-state index is 5.92. The molecule has 1 atom stereocenters. The Morgan fingerprint density at radius 2 is 2.50 bits per heavy atom. The molecule has 0 aromatic rings. The maximum absolute atomic E-state index is 5.92. The van der Waals surface area contributed by atoms with Crippen LogP contribution < -0.4 is 5.32 Å². The first-order valence-corrected chi connectivity index (χ1v) is 5.01. The van der Waals surface area contributed by atoms with Crippen LogP contribution in [0.2, 0.25) is 0 Å². The summed E-state index contributed by atoms with van der Waals surface area (Å²) in [5, 5.41) is 3.70. The number of hydrogen-bond donors (Lipinski definition) is 1. The van der Waals surface area contributed by atoms with Crippen LogP contribution in [0.5, 0.6) is 0 Å². The van der Waals surface area contributed by atoms with E-state index in [1.54, 1.807) is 0 Å². The summed E-state index contributed by atoms with van der Waals surface area (Å²) in [5.41, 5.74) is 0. The van der Waals surface area contributed by atoms with Gasteiger partial charge in [0.15, 0.2) is 6.23 Å². The third-order valence-electron chi connectivity index (χ3n) is 1.39. The van der Waals surface area contributed by atoms with Crippen LogP contribution in [0.1, 0.15) is 13.3 Å². The van der Waals surface area contributed by atoms with Gasteiger partial charge >= 0.3 is 0 Å². The van der Waals surface area contributed by atoms with Crippen molar-refractivity contribution in [1.82, 2.24) is 5.32 Å². The van der Waals surface area contributed by atoms with Gasteiger partial charge in [-0.25, -0.2) is 0 Å². The summed E-state index contributed by atoms with van der Waals surface area (Å²) >= 11 is 9.22. The summed E-state index contributed by atoms with van der Waals surface area (Å²) in [6.45, 7) is 2.78. The minimum atomic E-state index is -0.173. The molecule has 4 heteroatoms. The molecule has 0 bridgehead atoms. The minimum absolute atomic E-state index is 0.173. The average Bonchev–Trinajstić information content (AvgIpc) is 2.03. The predicted molar refractivity (Wildman–Crippen MR) is 54.1 cm³/mol. The van der Waals surface area contributed by atoms with Gasteiger partial charge in [0, 0.05) is 17.3 Å². The fourth-order valence-corrected chi connectivity index (χ4v) is 1.60. The third kappa shape index (κ3) is 2.81. The van der Waals surface area contributed by atoms with Gasteiger partial charge in [-0.1, -0.05) is 18.5 Å². The molecule has 1 aliphatic rings. The number of halogens is 2. The molecule has 0 radical (unpaired) electrons. The molecule has 68 valence electrons. The van der Waals surface area contributed by atoms with Gasteiger partial charge in [-0.2, -0.15) is 0 Å². The highest BCUT2D eigenvalue weighted by molar-refractivity contribution is 9.11. The number of hydrogen-bond acceptors (Lipinski definition) is 2. The van der Waals surface area contributed by atoms with E-state index in [1.165, 1.54) is 0 Å². The van der Waals surface area contributed by atoms with Gasteiger partial charge in [-0.15, -0.1) is 0 Å². The topological polar surface area (TPSA) is 21.3 Å². The highest BCUT2D eigenvalue weighted by atomic mass is 79.9. The van der Waals surface area contributed by atoms with Gasteiger partial charge in [0.25, 0.3) is 0 Å². The molecule has 1 rings (SSSR count). The van der Waals surface area contributed by atoms with Gasteiger partial charge < -0.3 is 10.1 Å². The lowest BCUT2D eigenvalue weighted by Gasteiger charge is -2.20. The SMILES string of the molecule is CCCOC1NC=C(Br)C=C1Cl. The summed E-state index contributed by atoms with van der Waals surface area (Å²) in [6.07, 6.45) is 4.48. The van der Waals surface area contributed by atoms with E-state index in [9.17, 15) is 0 Å². The molecular weight excluding hydrogens is 241 g/mol. The molecule has 0 aromatic carbocycles. The Hall–Kier alpha value is 0.01000. The van der Waals surface area contributed by atoms with Crippen LogP contribution in [0.15, 0.2) is 21.8 Å². The normalized spacial score (nSPS) is 22.8. The lowest BCUT2D eigenvalue weighted by molar-refractivity contribution is 0.0683. The van der Waals surface area contributed by atoms with Crippen molar-refractivity contribution in [3.8, 4) is 0 Å². The molecule has 1 aliphatic heterocycles. The first-order chi connectivity index (χ1) is 5.74. The summed E-state index contributed by atoms with van der Waals surface area (Å²) < 4.78 is 6.35. The molecule has 1 heterocycles. The molecule has 12 heavy (non-hydrogen) atoms. The molecule has 0 amide bonds. The van der Waals surface area contributed by atoms with Crippen molar-refractivity contribution in [2.45, 2.75) is 19.6 Å². The van der Waals surface area contributed by atoms with Crippen molar-refractivity contribution in [2.24, 2.45) is 0 Å². The Bertz CT molecular complexity index is 215. The van der Waals surface area contributed by atoms with Crippen LogP contribution in [0.3, 0.4) is 0 Å². The van der Waals surface area contributed by atoms with Crippen LogP contribution in [0.4, 0.5) is 0 Å². The van der Waals surface area contributed by atoms with Gasteiger partial charge in [-0.3, -0.25) is 0 Å². The van der Waals surface area contributed by atoms with Crippen LogP contribution >= 0.6 is 27.5 Å². The molecule has 0 saturated heterocycles. The zero-order valence-electron chi connectivity index (χ0n) is 6.81. The molecule has 1 unspecified atom stereocenters. The Morgan fingerprint density at radius 1 is 1.75 bits per heavy atom. The van der Waals surface area contributed by atoms with Gasteiger partial charge in [0.05, 0.1) is 5.03 Å². The largest absolute Gasteiger partial charge is 0.361 e. The highest BCUT2D eigenvalue weighted by Gasteiger charge is 2.14. The summed E-state index contributed by atoms with van der Waals surface area (Å²) in [4.78, 5) is 0. The fourth-order valence-electron chi connectivity index (χ4n) is 0.847. The molecule has 1 N–H and O–H groups in total. The van der Waals surface area contributed by atoms with Crippen molar-refractivity contribution in [3.05, 3.63) is 21.8 Å². The van der Waals surface area contributed by atoms with Crippen molar-refractivity contribution >= 4 is 27.5 Å². The molecule has 0 fully saturated rings. The molecule has 0 spiro atoms. The smallest absolute Gasteiger partial charge is 0.164 e. The first-order valence-electron chi connectivity index (χ1n) is 3.84. The zero-order chi connectivity index (χ0) is 8.97. The van der Waals surface area contributed by atoms with Crippen molar-refractivity contribution < 1.29 is 4.74 Å². The summed E-state index contributed by atoms with van der Waals surface area (Å²) in [6, 6.07) is 0. The second kappa shape index (κ2) is 4.90. The van der Waals surface area contributed by atoms with Crippen LogP contribution in [0.25, 0.3) is 0 Å². The van der Waals surface area contributed by atoms with Crippen molar-refractivity contribution in [2.75, 3.05) is 6.61 Å². The van der Waals surface area contributed by atoms with Crippen LogP contribution in [-0.2, 0) is 4.74 Å². The predicted octanol–water partition coefficient (Wildman–Crippen LogP) is 2.70. The molecule has 0 aliphatic carbocycles. The van der Waals surface area contributed by atoms with E-state index in [1.807, 2.05) is 12.3 Å². The van der Waals surface area contributed by atoms with E-state index in [-0.39, 0.29) is 6.23 Å². The Kier molecular flexibility index (Phi) is 4.12. The Balaban J connectivity index is 2.44. The monoisotopic (exact) mass is 251 g/mol. The zero-order valence-corrected chi connectivity index (χ0v) is 9.15. The van der Waals surface area contributed by atoms with Gasteiger partial charge in [-0.05, 0) is 28.4 Å². The van der Waals surface area contributed by atoms with E-state index in [0.717, 1.165) is 10.9 Å². The average molecular weight is 253 g/mol. The Labute approximate surface area is 85.7 Å². The number of dihydropyridines is 1. The standard InChI is InChI=1S/C8H11BrClNO/c1-2-3-12-8-7(10)4-6(9)5-11-8/h4-5,8,11H,2-3H2,1H3. The van der Waals surface area contributed by atoms with Crippen LogP contribution in [-0.4, -0.2) is 12.8 Å². The number of rotatable bonds is 3. The minimum Gasteiger partial charge on any atom is -0.361 e. The molecule has 2 nitrogen and oxygen atoms in total. The Morgan fingerprint density at radius 3 is 3.08 bits per heavy atom. The van der Waals surface area contributed by atoms with E-state index in [0.29, 0.717) is 11.6 Å². The third-order valence-corrected chi connectivity index (χ3v) is 2.15. The van der Waals surface area contributed by atoms with Crippen molar-refractivity contribution in [1.29, 1.82) is 0 Å². The van der Waals surface area contributed by atoms with E-state index in [4.69, 9.17) is 16.3 Å². The second-order valence-electron chi connectivity index (χ2n) is 2.48. The lowest BCUT2D eigenvalue weighted by atomic mass is 10.3.